The zero-order chi connectivity index (χ0) is 17.2. The SMILES string of the molecule is Cc1cc(N2CC(Cn3nc(-c4cccnc4)ccc3=O)C2)ncn1. The average molecular weight is 334 g/mol. The van der Waals surface area contributed by atoms with Crippen LogP contribution in [0.25, 0.3) is 11.3 Å². The first-order valence-electron chi connectivity index (χ1n) is 8.21. The molecular weight excluding hydrogens is 316 g/mol. The van der Waals surface area contributed by atoms with Crippen molar-refractivity contribution in [3.63, 3.8) is 0 Å². The zero-order valence-electron chi connectivity index (χ0n) is 13.9. The molecule has 7 nitrogen and oxygen atoms in total. The molecule has 1 aliphatic rings. The zero-order valence-corrected chi connectivity index (χ0v) is 13.9. The third-order valence-corrected chi connectivity index (χ3v) is 4.33. The summed E-state index contributed by atoms with van der Waals surface area (Å²) >= 11 is 0. The first kappa shape index (κ1) is 15.4. The molecule has 0 bridgehead atoms. The molecule has 0 radical (unpaired) electrons. The highest BCUT2D eigenvalue weighted by Gasteiger charge is 2.28. The number of nitrogens with zero attached hydrogens (tertiary/aromatic N) is 6. The van der Waals surface area contributed by atoms with Crippen molar-refractivity contribution in [2.75, 3.05) is 18.0 Å². The van der Waals surface area contributed by atoms with Gasteiger partial charge >= 0.3 is 0 Å². The summed E-state index contributed by atoms with van der Waals surface area (Å²) in [6, 6.07) is 9.09. The second-order valence-electron chi connectivity index (χ2n) is 6.27. The van der Waals surface area contributed by atoms with Gasteiger partial charge < -0.3 is 4.90 Å². The van der Waals surface area contributed by atoms with Crippen LogP contribution in [-0.2, 0) is 6.54 Å². The first-order valence-corrected chi connectivity index (χ1v) is 8.21. The van der Waals surface area contributed by atoms with Crippen molar-refractivity contribution < 1.29 is 0 Å². The number of pyridine rings is 1. The Morgan fingerprint density at radius 1 is 1.20 bits per heavy atom. The van der Waals surface area contributed by atoms with Crippen molar-refractivity contribution in [3.8, 4) is 11.3 Å². The number of anilines is 1. The van der Waals surface area contributed by atoms with E-state index in [0.717, 1.165) is 35.9 Å². The molecule has 0 amide bonds. The molecule has 0 atom stereocenters. The van der Waals surface area contributed by atoms with Gasteiger partial charge in [0.2, 0.25) is 0 Å². The van der Waals surface area contributed by atoms with E-state index in [1.165, 1.54) is 0 Å². The summed E-state index contributed by atoms with van der Waals surface area (Å²) in [6.07, 6.45) is 5.05. The third kappa shape index (κ3) is 3.26. The quantitative estimate of drug-likeness (QED) is 0.720. The molecule has 1 saturated heterocycles. The van der Waals surface area contributed by atoms with Gasteiger partial charge in [-0.05, 0) is 25.1 Å². The molecule has 1 aliphatic heterocycles. The molecule has 0 aromatic carbocycles. The Morgan fingerprint density at radius 2 is 2.08 bits per heavy atom. The van der Waals surface area contributed by atoms with Gasteiger partial charge in [0, 0.05) is 54.8 Å². The minimum absolute atomic E-state index is 0.0797. The fourth-order valence-corrected chi connectivity index (χ4v) is 2.98. The monoisotopic (exact) mass is 334 g/mol. The molecule has 3 aromatic heterocycles. The molecule has 0 spiro atoms. The minimum atomic E-state index is -0.0797. The van der Waals surface area contributed by atoms with E-state index in [9.17, 15) is 4.79 Å². The van der Waals surface area contributed by atoms with E-state index in [2.05, 4.69) is 25.0 Å². The molecule has 126 valence electrons. The molecule has 25 heavy (non-hydrogen) atoms. The van der Waals surface area contributed by atoms with Gasteiger partial charge in [0.15, 0.2) is 0 Å². The van der Waals surface area contributed by atoms with Crippen LogP contribution in [0.3, 0.4) is 0 Å². The summed E-state index contributed by atoms with van der Waals surface area (Å²) in [5, 5.41) is 4.50. The number of aromatic nitrogens is 5. The Bertz CT molecular complexity index is 934. The van der Waals surface area contributed by atoms with Crippen molar-refractivity contribution in [3.05, 3.63) is 65.1 Å². The summed E-state index contributed by atoms with van der Waals surface area (Å²) in [7, 11) is 0. The predicted molar refractivity (Wildman–Crippen MR) is 94.2 cm³/mol. The lowest BCUT2D eigenvalue weighted by atomic mass is 10.0. The Balaban J connectivity index is 1.46. The van der Waals surface area contributed by atoms with Crippen LogP contribution in [0.1, 0.15) is 5.69 Å². The molecule has 0 unspecified atom stereocenters. The van der Waals surface area contributed by atoms with Gasteiger partial charge in [-0.25, -0.2) is 14.6 Å². The smallest absolute Gasteiger partial charge is 0.266 e. The fourth-order valence-electron chi connectivity index (χ4n) is 2.98. The molecule has 4 heterocycles. The van der Waals surface area contributed by atoms with Crippen LogP contribution in [-0.4, -0.2) is 37.8 Å². The maximum absolute atomic E-state index is 12.1. The lowest BCUT2D eigenvalue weighted by Gasteiger charge is -2.40. The van der Waals surface area contributed by atoms with Crippen LogP contribution in [0.2, 0.25) is 0 Å². The molecule has 1 fully saturated rings. The predicted octanol–water partition coefficient (Wildman–Crippen LogP) is 1.54. The van der Waals surface area contributed by atoms with Gasteiger partial charge in [-0.15, -0.1) is 0 Å². The van der Waals surface area contributed by atoms with Crippen molar-refractivity contribution in [1.82, 2.24) is 24.7 Å². The molecule has 0 N–H and O–H groups in total. The van der Waals surface area contributed by atoms with Gasteiger partial charge in [-0.1, -0.05) is 0 Å². The summed E-state index contributed by atoms with van der Waals surface area (Å²) in [4.78, 5) is 26.8. The van der Waals surface area contributed by atoms with Gasteiger partial charge in [0.25, 0.3) is 5.56 Å². The van der Waals surface area contributed by atoms with E-state index in [1.807, 2.05) is 25.1 Å². The second-order valence-corrected chi connectivity index (χ2v) is 6.27. The average Bonchev–Trinajstić information content (AvgIpc) is 2.60. The third-order valence-electron chi connectivity index (χ3n) is 4.33. The van der Waals surface area contributed by atoms with E-state index in [1.54, 1.807) is 35.5 Å². The molecule has 0 saturated carbocycles. The first-order chi connectivity index (χ1) is 12.2. The fraction of sp³-hybridized carbons (Fsp3) is 0.278. The number of hydrogen-bond acceptors (Lipinski definition) is 6. The van der Waals surface area contributed by atoms with E-state index >= 15 is 0 Å². The lowest BCUT2D eigenvalue weighted by molar-refractivity contribution is 0.333. The summed E-state index contributed by atoms with van der Waals surface area (Å²) in [6.45, 7) is 4.28. The Hall–Kier alpha value is -3.09. The van der Waals surface area contributed by atoms with E-state index in [0.29, 0.717) is 12.5 Å². The van der Waals surface area contributed by atoms with E-state index < -0.39 is 0 Å². The number of aryl methyl sites for hydroxylation is 1. The molecule has 0 aliphatic carbocycles. The maximum Gasteiger partial charge on any atom is 0.266 e. The maximum atomic E-state index is 12.1. The minimum Gasteiger partial charge on any atom is -0.356 e. The number of rotatable bonds is 4. The summed E-state index contributed by atoms with van der Waals surface area (Å²) in [5.41, 5.74) is 2.54. The Morgan fingerprint density at radius 3 is 2.84 bits per heavy atom. The highest BCUT2D eigenvalue weighted by molar-refractivity contribution is 5.56. The largest absolute Gasteiger partial charge is 0.356 e. The van der Waals surface area contributed by atoms with Crippen LogP contribution in [0, 0.1) is 12.8 Å². The van der Waals surface area contributed by atoms with Crippen LogP contribution in [0.5, 0.6) is 0 Å². The van der Waals surface area contributed by atoms with Crippen molar-refractivity contribution in [1.29, 1.82) is 0 Å². The summed E-state index contributed by atoms with van der Waals surface area (Å²) < 4.78 is 1.55. The molecule has 7 heteroatoms. The lowest BCUT2D eigenvalue weighted by Crippen LogP contribution is -2.50. The summed E-state index contributed by atoms with van der Waals surface area (Å²) in [5.74, 6) is 1.32. The topological polar surface area (TPSA) is 76.8 Å². The highest BCUT2D eigenvalue weighted by atomic mass is 16.1. The molecule has 3 aromatic rings. The Kier molecular flexibility index (Phi) is 3.97. The van der Waals surface area contributed by atoms with Crippen LogP contribution in [0.15, 0.2) is 53.8 Å². The van der Waals surface area contributed by atoms with Crippen molar-refractivity contribution in [2.45, 2.75) is 13.5 Å². The second kappa shape index (κ2) is 6.43. The standard InChI is InChI=1S/C18H18N6O/c1-13-7-17(21-12-20-13)23-9-14(10-23)11-24-18(25)5-4-16(22-24)15-3-2-6-19-8-15/h2-8,12,14H,9-11H2,1H3. The van der Waals surface area contributed by atoms with E-state index in [-0.39, 0.29) is 5.56 Å². The van der Waals surface area contributed by atoms with Crippen LogP contribution < -0.4 is 10.5 Å². The van der Waals surface area contributed by atoms with Crippen LogP contribution in [0.4, 0.5) is 5.82 Å². The molecular formula is C18H18N6O. The van der Waals surface area contributed by atoms with Crippen molar-refractivity contribution in [2.24, 2.45) is 5.92 Å². The normalized spacial score (nSPS) is 14.4. The highest BCUT2D eigenvalue weighted by Crippen LogP contribution is 2.23. The Labute approximate surface area is 145 Å². The van der Waals surface area contributed by atoms with Gasteiger partial charge in [-0.2, -0.15) is 5.10 Å². The van der Waals surface area contributed by atoms with Gasteiger partial charge in [-0.3, -0.25) is 9.78 Å². The van der Waals surface area contributed by atoms with Crippen LogP contribution >= 0.6 is 0 Å². The van der Waals surface area contributed by atoms with E-state index in [4.69, 9.17) is 0 Å². The molecule has 4 rings (SSSR count). The van der Waals surface area contributed by atoms with Crippen molar-refractivity contribution >= 4 is 5.82 Å². The van der Waals surface area contributed by atoms with Gasteiger partial charge in [0.05, 0.1) is 12.2 Å². The number of hydrogen-bond donors (Lipinski definition) is 0. The van der Waals surface area contributed by atoms with Gasteiger partial charge in [0.1, 0.15) is 12.1 Å².